The molecule has 0 saturated heterocycles. The van der Waals surface area contributed by atoms with Gasteiger partial charge in [-0.2, -0.15) is 13.2 Å². The number of aryl methyl sites for hydroxylation is 2. The first kappa shape index (κ1) is 14.4. The van der Waals surface area contributed by atoms with Crippen molar-refractivity contribution < 1.29 is 22.4 Å². The Hall–Kier alpha value is -2.04. The van der Waals surface area contributed by atoms with Crippen LogP contribution in [0.2, 0.25) is 0 Å². The number of halogens is 3. The fraction of sp³-hybridized carbons (Fsp3) is 0.267. The number of rotatable bonds is 3. The zero-order chi connectivity index (χ0) is 14.9. The zero-order valence-electron chi connectivity index (χ0n) is 11.0. The van der Waals surface area contributed by atoms with Crippen LogP contribution in [-0.4, -0.2) is 5.78 Å². The number of ketones is 1. The minimum atomic E-state index is -4.41. The minimum Gasteiger partial charge on any atom is -0.469 e. The Bertz CT molecular complexity index is 639. The zero-order valence-corrected chi connectivity index (χ0v) is 11.0. The summed E-state index contributed by atoms with van der Waals surface area (Å²) >= 11 is 0. The number of alkyl halides is 3. The van der Waals surface area contributed by atoms with Gasteiger partial charge in [0.2, 0.25) is 0 Å². The maximum absolute atomic E-state index is 12.6. The molecule has 5 heteroatoms. The average molecular weight is 282 g/mol. The van der Waals surface area contributed by atoms with Crippen molar-refractivity contribution >= 4 is 5.78 Å². The van der Waals surface area contributed by atoms with E-state index in [1.807, 2.05) is 6.92 Å². The Balaban J connectivity index is 2.42. The van der Waals surface area contributed by atoms with E-state index >= 15 is 0 Å². The van der Waals surface area contributed by atoms with Crippen molar-refractivity contribution in [1.29, 1.82) is 0 Å². The van der Waals surface area contributed by atoms with E-state index < -0.39 is 11.7 Å². The van der Waals surface area contributed by atoms with Crippen LogP contribution in [-0.2, 0) is 12.6 Å². The second-order valence-corrected chi connectivity index (χ2v) is 4.47. The molecule has 0 aliphatic heterocycles. The third-order valence-electron chi connectivity index (χ3n) is 3.11. The van der Waals surface area contributed by atoms with Gasteiger partial charge in [-0.05, 0) is 30.7 Å². The molecule has 0 bridgehead atoms. The summed E-state index contributed by atoms with van der Waals surface area (Å²) in [7, 11) is 0. The third-order valence-corrected chi connectivity index (χ3v) is 3.11. The second-order valence-electron chi connectivity index (χ2n) is 4.47. The number of benzene rings is 1. The Morgan fingerprint density at radius 2 is 1.90 bits per heavy atom. The molecule has 0 fully saturated rings. The van der Waals surface area contributed by atoms with Crippen molar-refractivity contribution in [3.05, 3.63) is 58.5 Å². The van der Waals surface area contributed by atoms with E-state index in [4.69, 9.17) is 4.42 Å². The lowest BCUT2D eigenvalue weighted by Gasteiger charge is -2.10. The lowest BCUT2D eigenvalue weighted by Crippen LogP contribution is -2.09. The first-order chi connectivity index (χ1) is 9.34. The van der Waals surface area contributed by atoms with Gasteiger partial charge in [-0.15, -0.1) is 0 Å². The maximum Gasteiger partial charge on any atom is 0.416 e. The highest BCUT2D eigenvalue weighted by atomic mass is 19.4. The van der Waals surface area contributed by atoms with E-state index in [0.717, 1.165) is 12.1 Å². The molecule has 106 valence electrons. The molecule has 0 unspecified atom stereocenters. The van der Waals surface area contributed by atoms with Gasteiger partial charge in [-0.3, -0.25) is 4.79 Å². The van der Waals surface area contributed by atoms with Gasteiger partial charge >= 0.3 is 6.18 Å². The summed E-state index contributed by atoms with van der Waals surface area (Å²) in [5, 5.41) is 0. The quantitative estimate of drug-likeness (QED) is 0.781. The second kappa shape index (κ2) is 5.15. The monoisotopic (exact) mass is 282 g/mol. The molecule has 0 spiro atoms. The third kappa shape index (κ3) is 2.61. The van der Waals surface area contributed by atoms with Gasteiger partial charge in [0, 0.05) is 12.0 Å². The summed E-state index contributed by atoms with van der Waals surface area (Å²) in [4.78, 5) is 12.3. The van der Waals surface area contributed by atoms with E-state index in [-0.39, 0.29) is 11.3 Å². The fourth-order valence-corrected chi connectivity index (χ4v) is 2.06. The van der Waals surface area contributed by atoms with Crippen LogP contribution in [0.4, 0.5) is 13.2 Å². The standard InChI is InChI=1S/C15H13F3O2/c1-3-13-12(6-7-20-13)14(19)11-5-4-10(8-9(11)2)15(16,17)18/h4-8H,3H2,1-2H3. The molecule has 1 aromatic heterocycles. The van der Waals surface area contributed by atoms with E-state index in [1.54, 1.807) is 0 Å². The van der Waals surface area contributed by atoms with Crippen molar-refractivity contribution in [3.63, 3.8) is 0 Å². The van der Waals surface area contributed by atoms with Gasteiger partial charge in [-0.25, -0.2) is 0 Å². The summed E-state index contributed by atoms with van der Waals surface area (Å²) in [6.07, 6.45) is -2.45. The molecule has 0 N–H and O–H groups in total. The van der Waals surface area contributed by atoms with Crippen LogP contribution in [0, 0.1) is 6.92 Å². The van der Waals surface area contributed by atoms with Crippen LogP contribution < -0.4 is 0 Å². The molecule has 0 saturated carbocycles. The van der Waals surface area contributed by atoms with Gasteiger partial charge in [0.15, 0.2) is 5.78 Å². The first-order valence-electron chi connectivity index (χ1n) is 6.13. The molecule has 0 radical (unpaired) electrons. The SMILES string of the molecule is CCc1occc1C(=O)c1ccc(C(F)(F)F)cc1C. The molecular weight excluding hydrogens is 269 g/mol. The Morgan fingerprint density at radius 3 is 2.45 bits per heavy atom. The maximum atomic E-state index is 12.6. The Kier molecular flexibility index (Phi) is 3.70. The fourth-order valence-electron chi connectivity index (χ4n) is 2.06. The van der Waals surface area contributed by atoms with Crippen molar-refractivity contribution in [2.24, 2.45) is 0 Å². The number of hydrogen-bond donors (Lipinski definition) is 0. The average Bonchev–Trinajstić information content (AvgIpc) is 2.85. The van der Waals surface area contributed by atoms with Gasteiger partial charge in [0.1, 0.15) is 5.76 Å². The molecule has 0 atom stereocenters. The molecule has 1 aromatic carbocycles. The largest absolute Gasteiger partial charge is 0.469 e. The van der Waals surface area contributed by atoms with Crippen molar-refractivity contribution in [3.8, 4) is 0 Å². The summed E-state index contributed by atoms with van der Waals surface area (Å²) in [6, 6.07) is 4.66. The predicted molar refractivity (Wildman–Crippen MR) is 67.7 cm³/mol. The van der Waals surface area contributed by atoms with Crippen LogP contribution in [0.1, 0.15) is 39.7 Å². The van der Waals surface area contributed by atoms with Crippen molar-refractivity contribution in [1.82, 2.24) is 0 Å². The van der Waals surface area contributed by atoms with E-state index in [2.05, 4.69) is 0 Å². The molecule has 0 aliphatic carbocycles. The summed E-state index contributed by atoms with van der Waals surface area (Å²) in [6.45, 7) is 3.34. The number of hydrogen-bond acceptors (Lipinski definition) is 2. The number of furan rings is 1. The smallest absolute Gasteiger partial charge is 0.416 e. The predicted octanol–water partition coefficient (Wildman–Crippen LogP) is 4.40. The highest BCUT2D eigenvalue weighted by Crippen LogP contribution is 2.31. The van der Waals surface area contributed by atoms with E-state index in [9.17, 15) is 18.0 Å². The van der Waals surface area contributed by atoms with Gasteiger partial charge in [-0.1, -0.05) is 13.0 Å². The Morgan fingerprint density at radius 1 is 1.20 bits per heavy atom. The molecule has 0 aliphatic rings. The summed E-state index contributed by atoms with van der Waals surface area (Å²) in [5.74, 6) is 0.219. The minimum absolute atomic E-state index is 0.258. The highest BCUT2D eigenvalue weighted by molar-refractivity contribution is 6.10. The molecule has 0 amide bonds. The topological polar surface area (TPSA) is 30.2 Å². The van der Waals surface area contributed by atoms with E-state index in [1.165, 1.54) is 25.3 Å². The van der Waals surface area contributed by atoms with Crippen molar-refractivity contribution in [2.45, 2.75) is 26.4 Å². The number of carbonyl (C=O) groups excluding carboxylic acids is 1. The van der Waals surface area contributed by atoms with E-state index in [0.29, 0.717) is 23.3 Å². The Labute approximate surface area is 114 Å². The normalized spacial score (nSPS) is 11.7. The molecular formula is C15H13F3O2. The van der Waals surface area contributed by atoms with Gasteiger partial charge in [0.25, 0.3) is 0 Å². The molecule has 2 rings (SSSR count). The molecule has 2 aromatic rings. The summed E-state index contributed by atoms with van der Waals surface area (Å²) in [5.41, 5.74) is 0.201. The first-order valence-corrected chi connectivity index (χ1v) is 6.13. The van der Waals surface area contributed by atoms with Crippen LogP contribution in [0.15, 0.2) is 34.9 Å². The molecule has 2 nitrogen and oxygen atoms in total. The van der Waals surface area contributed by atoms with Crippen LogP contribution in [0.25, 0.3) is 0 Å². The van der Waals surface area contributed by atoms with Gasteiger partial charge in [0.05, 0.1) is 17.4 Å². The van der Waals surface area contributed by atoms with Crippen LogP contribution >= 0.6 is 0 Å². The molecule has 1 heterocycles. The van der Waals surface area contributed by atoms with Crippen molar-refractivity contribution in [2.75, 3.05) is 0 Å². The highest BCUT2D eigenvalue weighted by Gasteiger charge is 2.31. The number of carbonyl (C=O) groups is 1. The lowest BCUT2D eigenvalue weighted by molar-refractivity contribution is -0.137. The lowest BCUT2D eigenvalue weighted by atomic mass is 9.97. The van der Waals surface area contributed by atoms with Crippen LogP contribution in [0.3, 0.4) is 0 Å². The summed E-state index contributed by atoms with van der Waals surface area (Å²) < 4.78 is 43.0. The van der Waals surface area contributed by atoms with Gasteiger partial charge < -0.3 is 4.42 Å². The molecule has 20 heavy (non-hydrogen) atoms. The van der Waals surface area contributed by atoms with Crippen LogP contribution in [0.5, 0.6) is 0 Å².